The summed E-state index contributed by atoms with van der Waals surface area (Å²) in [6.45, 7) is 11.2. The lowest BCUT2D eigenvalue weighted by atomic mass is 9.69. The molecule has 2 rings (SSSR count). The molecule has 2 aliphatic rings. The number of rotatable bonds is 5. The summed E-state index contributed by atoms with van der Waals surface area (Å²) in [5.41, 5.74) is 1.38. The summed E-state index contributed by atoms with van der Waals surface area (Å²) in [4.78, 5) is 24.1. The number of carbonyl (C=O) groups is 2. The molecule has 1 saturated carbocycles. The molecular formula is C19H33N3O3. The van der Waals surface area contributed by atoms with Crippen LogP contribution in [0.5, 0.6) is 0 Å². The third kappa shape index (κ3) is 4.97. The molecule has 0 bridgehead atoms. The van der Waals surface area contributed by atoms with Gasteiger partial charge in [0.2, 0.25) is 0 Å². The number of carbonyl (C=O) groups excluding carboxylic acids is 2. The fourth-order valence-corrected chi connectivity index (χ4v) is 4.06. The van der Waals surface area contributed by atoms with Gasteiger partial charge in [0.15, 0.2) is 0 Å². The molecule has 3 unspecified atom stereocenters. The van der Waals surface area contributed by atoms with E-state index in [9.17, 15) is 9.59 Å². The van der Waals surface area contributed by atoms with E-state index >= 15 is 0 Å². The van der Waals surface area contributed by atoms with Crippen LogP contribution in [0.1, 0.15) is 60.3 Å². The zero-order valence-electron chi connectivity index (χ0n) is 16.2. The Bertz CT molecular complexity index is 537. The molecule has 6 nitrogen and oxygen atoms in total. The first kappa shape index (κ1) is 19.8. The van der Waals surface area contributed by atoms with Crippen molar-refractivity contribution in [2.24, 2.45) is 11.3 Å². The van der Waals surface area contributed by atoms with E-state index in [1.165, 1.54) is 19.3 Å². The van der Waals surface area contributed by atoms with Gasteiger partial charge in [-0.3, -0.25) is 0 Å². The molecule has 142 valence electrons. The van der Waals surface area contributed by atoms with E-state index in [4.69, 9.17) is 4.74 Å². The summed E-state index contributed by atoms with van der Waals surface area (Å²) >= 11 is 0. The Hall–Kier alpha value is -1.56. The first-order chi connectivity index (χ1) is 11.7. The second kappa shape index (κ2) is 8.21. The topological polar surface area (TPSA) is 79.5 Å². The first-order valence-corrected chi connectivity index (χ1v) is 9.45. The van der Waals surface area contributed by atoms with Crippen LogP contribution in [-0.4, -0.2) is 37.2 Å². The second-order valence-electron chi connectivity index (χ2n) is 8.18. The Morgan fingerprint density at radius 1 is 1.28 bits per heavy atom. The largest absolute Gasteiger partial charge is 0.463 e. The van der Waals surface area contributed by atoms with Crippen LogP contribution in [0.3, 0.4) is 0 Å². The van der Waals surface area contributed by atoms with E-state index in [1.807, 2.05) is 6.92 Å². The van der Waals surface area contributed by atoms with Gasteiger partial charge in [-0.2, -0.15) is 0 Å². The SMILES string of the molecule is CCOC(=O)C1=C(CNC2CCCCC2C(C)(C)C)NC(=O)NC1C. The highest BCUT2D eigenvalue weighted by Gasteiger charge is 2.35. The second-order valence-corrected chi connectivity index (χ2v) is 8.18. The van der Waals surface area contributed by atoms with Gasteiger partial charge in [0.05, 0.1) is 18.2 Å². The minimum Gasteiger partial charge on any atom is -0.463 e. The average Bonchev–Trinajstić information content (AvgIpc) is 2.51. The minimum atomic E-state index is -0.365. The molecule has 0 aromatic carbocycles. The van der Waals surface area contributed by atoms with E-state index in [0.717, 1.165) is 6.42 Å². The lowest BCUT2D eigenvalue weighted by molar-refractivity contribution is -0.139. The van der Waals surface area contributed by atoms with Gasteiger partial charge in [0.25, 0.3) is 0 Å². The van der Waals surface area contributed by atoms with Crippen molar-refractivity contribution < 1.29 is 14.3 Å². The smallest absolute Gasteiger partial charge is 0.337 e. The van der Waals surface area contributed by atoms with Crippen molar-refractivity contribution in [3.63, 3.8) is 0 Å². The summed E-state index contributed by atoms with van der Waals surface area (Å²) < 4.78 is 5.17. The van der Waals surface area contributed by atoms with Crippen LogP contribution >= 0.6 is 0 Å². The molecule has 0 radical (unpaired) electrons. The predicted octanol–water partition coefficient (Wildman–Crippen LogP) is 2.70. The number of esters is 1. The summed E-state index contributed by atoms with van der Waals surface area (Å²) in [5, 5.41) is 9.14. The summed E-state index contributed by atoms with van der Waals surface area (Å²) in [6.07, 6.45) is 4.84. The van der Waals surface area contributed by atoms with Crippen LogP contribution in [0.2, 0.25) is 0 Å². The van der Waals surface area contributed by atoms with Crippen LogP contribution in [0, 0.1) is 11.3 Å². The standard InChI is InChI=1S/C19H33N3O3/c1-6-25-17(23)16-12(2)21-18(24)22-15(16)11-20-14-10-8-7-9-13(14)19(3,4)5/h12-14,20H,6-11H2,1-5H3,(H2,21,22,24). The summed E-state index contributed by atoms with van der Waals surface area (Å²) in [5.74, 6) is 0.220. The summed E-state index contributed by atoms with van der Waals surface area (Å²) in [7, 11) is 0. The van der Waals surface area contributed by atoms with E-state index in [1.54, 1.807) is 6.92 Å². The Kier molecular flexibility index (Phi) is 6.49. The summed E-state index contributed by atoms with van der Waals surface area (Å²) in [6, 6.07) is -0.227. The number of ether oxygens (including phenoxy) is 1. The molecule has 1 aliphatic carbocycles. The van der Waals surface area contributed by atoms with Gasteiger partial charge in [-0.25, -0.2) is 9.59 Å². The number of nitrogens with one attached hydrogen (secondary N) is 3. The third-order valence-electron chi connectivity index (χ3n) is 5.28. The maximum absolute atomic E-state index is 12.3. The third-order valence-corrected chi connectivity index (χ3v) is 5.28. The molecule has 3 atom stereocenters. The molecule has 1 heterocycles. The van der Waals surface area contributed by atoms with Crippen molar-refractivity contribution in [3.05, 3.63) is 11.3 Å². The van der Waals surface area contributed by atoms with Crippen LogP contribution < -0.4 is 16.0 Å². The molecule has 2 amide bonds. The van der Waals surface area contributed by atoms with Gasteiger partial charge in [-0.05, 0) is 38.0 Å². The monoisotopic (exact) mass is 351 g/mol. The molecule has 1 fully saturated rings. The van der Waals surface area contributed by atoms with Crippen molar-refractivity contribution in [1.29, 1.82) is 0 Å². The molecule has 0 aromatic heterocycles. The number of amides is 2. The lowest BCUT2D eigenvalue weighted by Gasteiger charge is -2.41. The molecule has 1 aliphatic heterocycles. The Morgan fingerprint density at radius 3 is 2.60 bits per heavy atom. The van der Waals surface area contributed by atoms with Crippen LogP contribution in [0.25, 0.3) is 0 Å². The van der Waals surface area contributed by atoms with Gasteiger partial charge >= 0.3 is 12.0 Å². The van der Waals surface area contributed by atoms with E-state index in [2.05, 4.69) is 36.7 Å². The van der Waals surface area contributed by atoms with E-state index in [0.29, 0.717) is 36.4 Å². The lowest BCUT2D eigenvalue weighted by Crippen LogP contribution is -2.52. The Morgan fingerprint density at radius 2 is 1.96 bits per heavy atom. The van der Waals surface area contributed by atoms with Crippen LogP contribution in [0.4, 0.5) is 4.79 Å². The van der Waals surface area contributed by atoms with Crippen molar-refractivity contribution in [2.75, 3.05) is 13.2 Å². The van der Waals surface area contributed by atoms with Gasteiger partial charge in [0, 0.05) is 18.3 Å². The Labute approximate surface area is 151 Å². The minimum absolute atomic E-state index is 0.237. The molecule has 25 heavy (non-hydrogen) atoms. The highest BCUT2D eigenvalue weighted by atomic mass is 16.5. The van der Waals surface area contributed by atoms with E-state index < -0.39 is 0 Å². The molecular weight excluding hydrogens is 318 g/mol. The van der Waals surface area contributed by atoms with Gasteiger partial charge < -0.3 is 20.7 Å². The van der Waals surface area contributed by atoms with Crippen molar-refractivity contribution in [3.8, 4) is 0 Å². The molecule has 3 N–H and O–H groups in total. The molecule has 0 spiro atoms. The number of hydrogen-bond donors (Lipinski definition) is 3. The fourth-order valence-electron chi connectivity index (χ4n) is 4.06. The maximum Gasteiger partial charge on any atom is 0.337 e. The number of hydrogen-bond acceptors (Lipinski definition) is 4. The van der Waals surface area contributed by atoms with E-state index in [-0.39, 0.29) is 23.5 Å². The molecule has 0 aromatic rings. The highest BCUT2D eigenvalue weighted by Crippen LogP contribution is 2.38. The number of urea groups is 1. The predicted molar refractivity (Wildman–Crippen MR) is 98.0 cm³/mol. The van der Waals surface area contributed by atoms with Gasteiger partial charge in [0.1, 0.15) is 0 Å². The molecule has 6 heteroatoms. The quantitative estimate of drug-likeness (QED) is 0.666. The van der Waals surface area contributed by atoms with Crippen LogP contribution in [-0.2, 0) is 9.53 Å². The van der Waals surface area contributed by atoms with Gasteiger partial charge in [-0.15, -0.1) is 0 Å². The zero-order valence-corrected chi connectivity index (χ0v) is 16.2. The van der Waals surface area contributed by atoms with Crippen LogP contribution in [0.15, 0.2) is 11.3 Å². The van der Waals surface area contributed by atoms with Crippen molar-refractivity contribution >= 4 is 12.0 Å². The average molecular weight is 351 g/mol. The normalized spacial score (nSPS) is 27.6. The first-order valence-electron chi connectivity index (χ1n) is 9.45. The maximum atomic E-state index is 12.3. The highest BCUT2D eigenvalue weighted by molar-refractivity contribution is 5.94. The van der Waals surface area contributed by atoms with Gasteiger partial charge in [-0.1, -0.05) is 33.6 Å². The molecule has 0 saturated heterocycles. The zero-order chi connectivity index (χ0) is 18.6. The fraction of sp³-hybridized carbons (Fsp3) is 0.789. The van der Waals surface area contributed by atoms with Crippen molar-refractivity contribution in [2.45, 2.75) is 72.4 Å². The van der Waals surface area contributed by atoms with Crippen molar-refractivity contribution in [1.82, 2.24) is 16.0 Å². The Balaban J connectivity index is 2.15.